The lowest BCUT2D eigenvalue weighted by Gasteiger charge is -2.16. The van der Waals surface area contributed by atoms with Crippen LogP contribution in [0.5, 0.6) is 0 Å². The maximum atomic E-state index is 13.8. The second-order valence-electron chi connectivity index (χ2n) is 8.21. The number of fused-ring (bicyclic) bond motifs is 2. The van der Waals surface area contributed by atoms with E-state index in [9.17, 15) is 9.18 Å². The van der Waals surface area contributed by atoms with Gasteiger partial charge in [-0.25, -0.2) is 4.39 Å². The van der Waals surface area contributed by atoms with Gasteiger partial charge in [0.15, 0.2) is 0 Å². The molecule has 33 heavy (non-hydrogen) atoms. The Bertz CT molecular complexity index is 1400. The molecule has 6 nitrogen and oxygen atoms in total. The fourth-order valence-electron chi connectivity index (χ4n) is 3.99. The summed E-state index contributed by atoms with van der Waals surface area (Å²) in [6, 6.07) is 18.1. The summed E-state index contributed by atoms with van der Waals surface area (Å²) >= 11 is 0. The third kappa shape index (κ3) is 4.18. The fraction of sp³-hybridized carbons (Fsp3) is 0.115. The van der Waals surface area contributed by atoms with Gasteiger partial charge >= 0.3 is 0 Å². The van der Waals surface area contributed by atoms with Gasteiger partial charge in [0.1, 0.15) is 5.82 Å². The molecule has 1 aliphatic heterocycles. The highest BCUT2D eigenvalue weighted by Gasteiger charge is 2.29. The van der Waals surface area contributed by atoms with Gasteiger partial charge in [0, 0.05) is 35.8 Å². The third-order valence-corrected chi connectivity index (χ3v) is 5.46. The number of anilines is 2. The second kappa shape index (κ2) is 8.44. The summed E-state index contributed by atoms with van der Waals surface area (Å²) in [7, 11) is 4.05. The first-order valence-electron chi connectivity index (χ1n) is 10.6. The number of nitrogens with zero attached hydrogens (tertiary/aromatic N) is 3. The SMILES string of the molecule is CN(C)Cc1ccc(NC(=C2C(=O)Nc3cc(F)ccc32)c2ccc3nccnc3c2)cc1. The van der Waals surface area contributed by atoms with Gasteiger partial charge < -0.3 is 15.5 Å². The molecule has 3 aromatic carbocycles. The minimum atomic E-state index is -0.401. The lowest BCUT2D eigenvalue weighted by Crippen LogP contribution is -2.11. The summed E-state index contributed by atoms with van der Waals surface area (Å²) in [6.45, 7) is 0.832. The predicted molar refractivity (Wildman–Crippen MR) is 129 cm³/mol. The number of carbonyl (C=O) groups excluding carboxylic acids is 1. The van der Waals surface area contributed by atoms with E-state index < -0.39 is 5.82 Å². The van der Waals surface area contributed by atoms with Crippen LogP contribution in [0.3, 0.4) is 0 Å². The van der Waals surface area contributed by atoms with E-state index >= 15 is 0 Å². The molecule has 2 N–H and O–H groups in total. The number of benzene rings is 3. The van der Waals surface area contributed by atoms with E-state index in [0.29, 0.717) is 28.0 Å². The van der Waals surface area contributed by atoms with Crippen molar-refractivity contribution >= 4 is 39.6 Å². The number of hydrogen-bond acceptors (Lipinski definition) is 5. The molecule has 0 spiro atoms. The average Bonchev–Trinajstić information content (AvgIpc) is 3.12. The topological polar surface area (TPSA) is 70.2 Å². The average molecular weight is 439 g/mol. The van der Waals surface area contributed by atoms with Gasteiger partial charge in [-0.05, 0) is 62.1 Å². The van der Waals surface area contributed by atoms with E-state index in [1.54, 1.807) is 18.5 Å². The minimum absolute atomic E-state index is 0.290. The maximum absolute atomic E-state index is 13.8. The smallest absolute Gasteiger partial charge is 0.258 e. The molecule has 1 amide bonds. The molecule has 1 aliphatic rings. The zero-order valence-corrected chi connectivity index (χ0v) is 18.3. The fourth-order valence-corrected chi connectivity index (χ4v) is 3.99. The molecular weight excluding hydrogens is 417 g/mol. The minimum Gasteiger partial charge on any atom is -0.354 e. The Morgan fingerprint density at radius 2 is 1.73 bits per heavy atom. The van der Waals surface area contributed by atoms with Crippen LogP contribution >= 0.6 is 0 Å². The quantitative estimate of drug-likeness (QED) is 0.439. The summed E-state index contributed by atoms with van der Waals surface area (Å²) in [5.74, 6) is -0.691. The molecule has 164 valence electrons. The Morgan fingerprint density at radius 1 is 0.970 bits per heavy atom. The van der Waals surface area contributed by atoms with Crippen molar-refractivity contribution in [2.45, 2.75) is 6.54 Å². The predicted octanol–water partition coefficient (Wildman–Crippen LogP) is 4.76. The largest absolute Gasteiger partial charge is 0.354 e. The highest BCUT2D eigenvalue weighted by Crippen LogP contribution is 2.38. The van der Waals surface area contributed by atoms with Gasteiger partial charge in [-0.3, -0.25) is 14.8 Å². The second-order valence-corrected chi connectivity index (χ2v) is 8.21. The van der Waals surface area contributed by atoms with Crippen molar-refractivity contribution in [2.75, 3.05) is 24.7 Å². The molecule has 0 atom stereocenters. The van der Waals surface area contributed by atoms with Crippen LogP contribution < -0.4 is 10.6 Å². The van der Waals surface area contributed by atoms with E-state index in [1.165, 1.54) is 17.7 Å². The van der Waals surface area contributed by atoms with Crippen LogP contribution in [0.25, 0.3) is 22.3 Å². The van der Waals surface area contributed by atoms with Crippen LogP contribution in [0.2, 0.25) is 0 Å². The molecule has 2 heterocycles. The Hall–Kier alpha value is -4.10. The first kappa shape index (κ1) is 20.8. The molecule has 1 aromatic heterocycles. The monoisotopic (exact) mass is 439 g/mol. The first-order valence-corrected chi connectivity index (χ1v) is 10.6. The van der Waals surface area contributed by atoms with Crippen LogP contribution in [0, 0.1) is 5.82 Å². The van der Waals surface area contributed by atoms with E-state index in [4.69, 9.17) is 0 Å². The van der Waals surface area contributed by atoms with E-state index in [2.05, 4.69) is 37.6 Å². The Labute approximate surface area is 190 Å². The lowest BCUT2D eigenvalue weighted by atomic mass is 9.99. The first-order chi connectivity index (χ1) is 16.0. The molecule has 0 aliphatic carbocycles. The number of aromatic nitrogens is 2. The van der Waals surface area contributed by atoms with Gasteiger partial charge in [-0.15, -0.1) is 0 Å². The van der Waals surface area contributed by atoms with Gasteiger partial charge in [-0.2, -0.15) is 0 Å². The molecule has 5 rings (SSSR count). The van der Waals surface area contributed by atoms with Gasteiger partial charge in [-0.1, -0.05) is 18.2 Å². The molecule has 4 aromatic rings. The van der Waals surface area contributed by atoms with Crippen LogP contribution in [-0.2, 0) is 11.3 Å². The number of rotatable bonds is 5. The molecule has 0 saturated heterocycles. The highest BCUT2D eigenvalue weighted by molar-refractivity contribution is 6.37. The van der Waals surface area contributed by atoms with Crippen LogP contribution in [0.15, 0.2) is 73.1 Å². The summed E-state index contributed by atoms with van der Waals surface area (Å²) in [5.41, 5.74) is 6.44. The molecule has 0 fully saturated rings. The van der Waals surface area contributed by atoms with Crippen molar-refractivity contribution < 1.29 is 9.18 Å². The number of carbonyl (C=O) groups is 1. The molecule has 0 bridgehead atoms. The van der Waals surface area contributed by atoms with Crippen LogP contribution in [-0.4, -0.2) is 34.9 Å². The van der Waals surface area contributed by atoms with E-state index in [0.717, 1.165) is 23.3 Å². The zero-order chi connectivity index (χ0) is 22.9. The standard InChI is InChI=1S/C26H22FN5O/c1-32(2)15-16-3-7-19(8-4-16)30-25(17-5-10-21-23(13-17)29-12-11-28-21)24-20-9-6-18(27)14-22(20)31-26(24)33/h3-14,30H,15H2,1-2H3,(H,31,33). The van der Waals surface area contributed by atoms with Gasteiger partial charge in [0.2, 0.25) is 0 Å². The molecular formula is C26H22FN5O. The summed E-state index contributed by atoms with van der Waals surface area (Å²) in [6.07, 6.45) is 3.28. The molecule has 0 radical (unpaired) electrons. The van der Waals surface area contributed by atoms with Crippen LogP contribution in [0.4, 0.5) is 15.8 Å². The van der Waals surface area contributed by atoms with Crippen molar-refractivity contribution in [3.63, 3.8) is 0 Å². The van der Waals surface area contributed by atoms with Gasteiger partial charge in [0.05, 0.1) is 28.0 Å². The molecule has 7 heteroatoms. The van der Waals surface area contributed by atoms with Crippen molar-refractivity contribution in [3.05, 3.63) is 95.6 Å². The number of nitrogens with one attached hydrogen (secondary N) is 2. The number of hydrogen-bond donors (Lipinski definition) is 2. The lowest BCUT2D eigenvalue weighted by molar-refractivity contribution is -0.110. The van der Waals surface area contributed by atoms with E-state index in [1.807, 2.05) is 44.4 Å². The number of halogens is 1. The summed E-state index contributed by atoms with van der Waals surface area (Å²) in [5, 5.41) is 6.21. The van der Waals surface area contributed by atoms with Crippen molar-refractivity contribution in [3.8, 4) is 0 Å². The van der Waals surface area contributed by atoms with E-state index in [-0.39, 0.29) is 5.91 Å². The zero-order valence-electron chi connectivity index (χ0n) is 18.3. The van der Waals surface area contributed by atoms with Crippen molar-refractivity contribution in [2.24, 2.45) is 0 Å². The van der Waals surface area contributed by atoms with Crippen molar-refractivity contribution in [1.82, 2.24) is 14.9 Å². The summed E-state index contributed by atoms with van der Waals surface area (Å²) < 4.78 is 13.8. The normalized spacial score (nSPS) is 14.4. The Kier molecular flexibility index (Phi) is 5.32. The highest BCUT2D eigenvalue weighted by atomic mass is 19.1. The number of amides is 1. The molecule has 0 saturated carbocycles. The third-order valence-electron chi connectivity index (χ3n) is 5.46. The maximum Gasteiger partial charge on any atom is 0.258 e. The summed E-state index contributed by atoms with van der Waals surface area (Å²) in [4.78, 5) is 23.9. The Morgan fingerprint density at radius 3 is 2.48 bits per heavy atom. The van der Waals surface area contributed by atoms with Crippen molar-refractivity contribution in [1.29, 1.82) is 0 Å². The van der Waals surface area contributed by atoms with Gasteiger partial charge in [0.25, 0.3) is 5.91 Å². The van der Waals surface area contributed by atoms with Crippen LogP contribution in [0.1, 0.15) is 16.7 Å². The molecule has 0 unspecified atom stereocenters. The Balaban J connectivity index is 1.64.